The van der Waals surface area contributed by atoms with E-state index in [4.69, 9.17) is 24.7 Å². The molecule has 136 valence electrons. The Hall–Kier alpha value is -2.36. The number of fused-ring (bicyclic) bond motifs is 1. The monoisotopic (exact) mass is 351 g/mol. The van der Waals surface area contributed by atoms with Crippen LogP contribution in [-0.4, -0.2) is 63.2 Å². The highest BCUT2D eigenvalue weighted by Gasteiger charge is 2.48. The van der Waals surface area contributed by atoms with E-state index in [1.807, 2.05) is 0 Å². The third kappa shape index (κ3) is 4.19. The first-order valence-electron chi connectivity index (χ1n) is 7.91. The van der Waals surface area contributed by atoms with Crippen molar-refractivity contribution in [3.63, 3.8) is 0 Å². The van der Waals surface area contributed by atoms with Crippen molar-refractivity contribution in [3.05, 3.63) is 24.3 Å². The summed E-state index contributed by atoms with van der Waals surface area (Å²) < 4.78 is 21.8. The number of hydrogen-bond donors (Lipinski definition) is 3. The number of benzene rings is 1. The number of ether oxygens (including phenoxy) is 4. The largest absolute Gasteiger partial charge is 0.497 e. The van der Waals surface area contributed by atoms with E-state index in [0.29, 0.717) is 24.7 Å². The molecule has 0 radical (unpaired) electrons. The van der Waals surface area contributed by atoms with Gasteiger partial charge in [-0.25, -0.2) is 4.79 Å². The molecule has 4 unspecified atom stereocenters. The molecule has 2 fully saturated rings. The van der Waals surface area contributed by atoms with Gasteiger partial charge in [-0.1, -0.05) is 0 Å². The van der Waals surface area contributed by atoms with Gasteiger partial charge >= 0.3 is 6.03 Å². The minimum absolute atomic E-state index is 0.184. The summed E-state index contributed by atoms with van der Waals surface area (Å²) in [7, 11) is 1.58. The molecule has 0 bridgehead atoms. The van der Waals surface area contributed by atoms with Crippen molar-refractivity contribution in [2.24, 2.45) is 5.73 Å². The molecule has 25 heavy (non-hydrogen) atoms. The fourth-order valence-corrected chi connectivity index (χ4v) is 2.93. The number of carbonyl (C=O) groups is 2. The third-order valence-corrected chi connectivity index (χ3v) is 4.11. The van der Waals surface area contributed by atoms with E-state index in [9.17, 15) is 9.59 Å². The zero-order valence-electron chi connectivity index (χ0n) is 13.8. The van der Waals surface area contributed by atoms with Gasteiger partial charge in [0.05, 0.1) is 26.4 Å². The number of hydrogen-bond acceptors (Lipinski definition) is 6. The molecule has 3 amide bonds. The van der Waals surface area contributed by atoms with Crippen molar-refractivity contribution < 1.29 is 28.5 Å². The first kappa shape index (κ1) is 17.5. The molecule has 2 saturated heterocycles. The quantitative estimate of drug-likeness (QED) is 0.656. The van der Waals surface area contributed by atoms with Crippen LogP contribution in [0.4, 0.5) is 10.5 Å². The maximum atomic E-state index is 12.2. The van der Waals surface area contributed by atoms with Crippen molar-refractivity contribution in [1.29, 1.82) is 0 Å². The van der Waals surface area contributed by atoms with E-state index in [1.165, 1.54) is 0 Å². The van der Waals surface area contributed by atoms with Gasteiger partial charge < -0.3 is 35.3 Å². The number of nitrogens with two attached hydrogens (primary N) is 1. The molecule has 2 aliphatic rings. The van der Waals surface area contributed by atoms with E-state index in [-0.39, 0.29) is 37.0 Å². The van der Waals surface area contributed by atoms with Gasteiger partial charge in [-0.3, -0.25) is 4.79 Å². The van der Waals surface area contributed by atoms with Gasteiger partial charge in [0.25, 0.3) is 0 Å². The molecule has 1 aromatic rings. The summed E-state index contributed by atoms with van der Waals surface area (Å²) >= 11 is 0. The average Bonchev–Trinajstić information content (AvgIpc) is 3.17. The minimum atomic E-state index is -0.546. The highest BCUT2D eigenvalue weighted by Crippen LogP contribution is 2.29. The molecule has 4 N–H and O–H groups in total. The predicted octanol–water partition coefficient (Wildman–Crippen LogP) is -0.147. The van der Waals surface area contributed by atoms with Crippen LogP contribution in [0.2, 0.25) is 0 Å². The number of anilines is 1. The first-order chi connectivity index (χ1) is 12.1. The summed E-state index contributed by atoms with van der Waals surface area (Å²) in [5.74, 6) is 0.161. The lowest BCUT2D eigenvalue weighted by atomic mass is 10.1. The number of rotatable bonds is 6. The van der Waals surface area contributed by atoms with Crippen LogP contribution in [-0.2, 0) is 19.0 Å². The van der Waals surface area contributed by atoms with Gasteiger partial charge in [-0.2, -0.15) is 0 Å². The molecular formula is C16H21N3O6. The Labute approximate surface area is 144 Å². The SMILES string of the molecule is COc1ccc(NC(=O)NC2COC3C(OCC(N)=O)COC23)cc1. The topological polar surface area (TPSA) is 121 Å². The molecule has 0 spiro atoms. The Morgan fingerprint density at radius 1 is 1.20 bits per heavy atom. The lowest BCUT2D eigenvalue weighted by molar-refractivity contribution is -0.126. The fourth-order valence-electron chi connectivity index (χ4n) is 2.93. The van der Waals surface area contributed by atoms with Crippen molar-refractivity contribution in [2.45, 2.75) is 24.4 Å². The van der Waals surface area contributed by atoms with Crippen LogP contribution in [0.1, 0.15) is 0 Å². The van der Waals surface area contributed by atoms with Crippen LogP contribution in [0.15, 0.2) is 24.3 Å². The van der Waals surface area contributed by atoms with Crippen LogP contribution in [0.25, 0.3) is 0 Å². The molecule has 9 nitrogen and oxygen atoms in total. The summed E-state index contributed by atoms with van der Waals surface area (Å²) in [5, 5.41) is 5.58. The van der Waals surface area contributed by atoms with E-state index in [0.717, 1.165) is 0 Å². The maximum absolute atomic E-state index is 12.2. The predicted molar refractivity (Wildman–Crippen MR) is 87.4 cm³/mol. The van der Waals surface area contributed by atoms with Gasteiger partial charge in [-0.05, 0) is 24.3 Å². The zero-order valence-corrected chi connectivity index (χ0v) is 13.8. The van der Waals surface area contributed by atoms with Crippen LogP contribution in [0, 0.1) is 0 Å². The molecule has 9 heteroatoms. The second kappa shape index (κ2) is 7.68. The fraction of sp³-hybridized carbons (Fsp3) is 0.500. The molecule has 2 heterocycles. The van der Waals surface area contributed by atoms with E-state index in [1.54, 1.807) is 31.4 Å². The second-order valence-electron chi connectivity index (χ2n) is 5.85. The standard InChI is InChI=1S/C16H21N3O6/c1-22-10-4-2-9(3-5-10)18-16(21)19-11-6-24-15-12(7-25-14(11)15)23-8-13(17)20/h2-5,11-12,14-15H,6-8H2,1H3,(H2,17,20)(H2,18,19,21). The summed E-state index contributed by atoms with van der Waals surface area (Å²) in [6.07, 6.45) is -1.01. The van der Waals surface area contributed by atoms with Gasteiger partial charge in [0.1, 0.15) is 30.7 Å². The summed E-state index contributed by atoms with van der Waals surface area (Å²) in [4.78, 5) is 23.0. The number of primary amides is 1. The number of carbonyl (C=O) groups excluding carboxylic acids is 2. The summed E-state index contributed by atoms with van der Waals surface area (Å²) in [6, 6.07) is 6.34. The molecule has 0 saturated carbocycles. The summed E-state index contributed by atoms with van der Waals surface area (Å²) in [5.41, 5.74) is 5.72. The van der Waals surface area contributed by atoms with E-state index in [2.05, 4.69) is 10.6 Å². The minimum Gasteiger partial charge on any atom is -0.497 e. The van der Waals surface area contributed by atoms with Crippen molar-refractivity contribution in [3.8, 4) is 5.75 Å². The van der Waals surface area contributed by atoms with Gasteiger partial charge in [0.15, 0.2) is 0 Å². The molecule has 2 aliphatic heterocycles. The Bertz CT molecular complexity index is 623. The molecular weight excluding hydrogens is 330 g/mol. The molecule has 4 atom stereocenters. The number of amides is 3. The Balaban J connectivity index is 1.50. The normalized spacial score (nSPS) is 27.6. The van der Waals surface area contributed by atoms with Crippen LogP contribution in [0.3, 0.4) is 0 Å². The molecule has 0 aliphatic carbocycles. The Morgan fingerprint density at radius 2 is 1.92 bits per heavy atom. The van der Waals surface area contributed by atoms with Crippen molar-refractivity contribution in [2.75, 3.05) is 32.2 Å². The lowest BCUT2D eigenvalue weighted by Gasteiger charge is -2.18. The second-order valence-corrected chi connectivity index (χ2v) is 5.85. The first-order valence-corrected chi connectivity index (χ1v) is 7.91. The van der Waals surface area contributed by atoms with Gasteiger partial charge in [0.2, 0.25) is 5.91 Å². The smallest absolute Gasteiger partial charge is 0.319 e. The molecule has 3 rings (SSSR count). The molecule has 1 aromatic carbocycles. The highest BCUT2D eigenvalue weighted by atomic mass is 16.6. The van der Waals surface area contributed by atoms with Gasteiger partial charge in [-0.15, -0.1) is 0 Å². The highest BCUT2D eigenvalue weighted by molar-refractivity contribution is 5.89. The Morgan fingerprint density at radius 3 is 2.60 bits per heavy atom. The Kier molecular flexibility index (Phi) is 5.37. The number of nitrogens with one attached hydrogen (secondary N) is 2. The maximum Gasteiger partial charge on any atom is 0.319 e. The third-order valence-electron chi connectivity index (χ3n) is 4.11. The lowest BCUT2D eigenvalue weighted by Crippen LogP contribution is -2.46. The number of methoxy groups -OCH3 is 1. The van der Waals surface area contributed by atoms with Crippen LogP contribution >= 0.6 is 0 Å². The van der Waals surface area contributed by atoms with Gasteiger partial charge in [0, 0.05) is 5.69 Å². The zero-order chi connectivity index (χ0) is 17.8. The van der Waals surface area contributed by atoms with Crippen LogP contribution in [0.5, 0.6) is 5.75 Å². The average molecular weight is 351 g/mol. The molecule has 0 aromatic heterocycles. The van der Waals surface area contributed by atoms with Crippen LogP contribution < -0.4 is 21.1 Å². The number of urea groups is 1. The van der Waals surface area contributed by atoms with E-state index >= 15 is 0 Å². The van der Waals surface area contributed by atoms with E-state index < -0.39 is 5.91 Å². The van der Waals surface area contributed by atoms with Crippen molar-refractivity contribution >= 4 is 17.6 Å². The van der Waals surface area contributed by atoms with Crippen molar-refractivity contribution in [1.82, 2.24) is 5.32 Å². The summed E-state index contributed by atoms with van der Waals surface area (Å²) in [6.45, 7) is 0.416.